The Balaban J connectivity index is 1.81. The molecule has 1 fully saturated rings. The Labute approximate surface area is 160 Å². The van der Waals surface area contributed by atoms with Crippen molar-refractivity contribution in [3.05, 3.63) is 30.1 Å². The lowest BCUT2D eigenvalue weighted by molar-refractivity contribution is -0.123. The van der Waals surface area contributed by atoms with Gasteiger partial charge in [-0.2, -0.15) is 13.2 Å². The van der Waals surface area contributed by atoms with Crippen LogP contribution < -0.4 is 19.7 Å². The van der Waals surface area contributed by atoms with Gasteiger partial charge in [0.25, 0.3) is 5.91 Å². The van der Waals surface area contributed by atoms with E-state index in [4.69, 9.17) is 14.2 Å². The molecule has 0 spiro atoms. The highest BCUT2D eigenvalue weighted by Gasteiger charge is 2.31. The minimum atomic E-state index is -4.51. The number of hydrogen-bond donors (Lipinski definition) is 1. The van der Waals surface area contributed by atoms with Gasteiger partial charge in [-0.15, -0.1) is 0 Å². The highest BCUT2D eigenvalue weighted by atomic mass is 19.4. The van der Waals surface area contributed by atoms with Crippen LogP contribution in [0.3, 0.4) is 0 Å². The summed E-state index contributed by atoms with van der Waals surface area (Å²) in [6.45, 7) is -0.167. The number of amides is 1. The SMILES string of the molecule is COc1cc(N2C=CN(C3CCCO3)C2)cc(OC)c1C(=O)NCC(F)(F)F. The van der Waals surface area contributed by atoms with Crippen molar-refractivity contribution in [1.82, 2.24) is 10.2 Å². The van der Waals surface area contributed by atoms with Crippen molar-refractivity contribution in [2.75, 3.05) is 38.9 Å². The minimum Gasteiger partial charge on any atom is -0.496 e. The summed E-state index contributed by atoms with van der Waals surface area (Å²) in [5.74, 6) is -0.675. The molecule has 1 N–H and O–H groups in total. The van der Waals surface area contributed by atoms with Gasteiger partial charge in [-0.3, -0.25) is 4.79 Å². The Bertz CT molecular complexity index is 723. The first-order valence-electron chi connectivity index (χ1n) is 8.75. The summed E-state index contributed by atoms with van der Waals surface area (Å²) < 4.78 is 53.5. The lowest BCUT2D eigenvalue weighted by atomic mass is 10.1. The zero-order chi connectivity index (χ0) is 20.3. The van der Waals surface area contributed by atoms with Crippen LogP contribution in [-0.4, -0.2) is 57.3 Å². The second kappa shape index (κ2) is 8.17. The van der Waals surface area contributed by atoms with Gasteiger partial charge < -0.3 is 29.3 Å². The number of halogens is 3. The number of anilines is 1. The first kappa shape index (κ1) is 20.1. The number of nitrogens with one attached hydrogen (secondary N) is 1. The van der Waals surface area contributed by atoms with Gasteiger partial charge in [0, 0.05) is 36.8 Å². The lowest BCUT2D eigenvalue weighted by Crippen LogP contribution is -2.34. The van der Waals surface area contributed by atoms with Crippen molar-refractivity contribution in [3.63, 3.8) is 0 Å². The second-order valence-corrected chi connectivity index (χ2v) is 6.41. The zero-order valence-electron chi connectivity index (χ0n) is 15.6. The van der Waals surface area contributed by atoms with Crippen LogP contribution in [0.1, 0.15) is 23.2 Å². The molecule has 1 unspecified atom stereocenters. The van der Waals surface area contributed by atoms with E-state index in [0.717, 1.165) is 19.4 Å². The van der Waals surface area contributed by atoms with Crippen LogP contribution in [0.2, 0.25) is 0 Å². The van der Waals surface area contributed by atoms with Gasteiger partial charge in [0.1, 0.15) is 29.8 Å². The summed E-state index contributed by atoms with van der Waals surface area (Å²) in [7, 11) is 2.69. The van der Waals surface area contributed by atoms with Crippen LogP contribution in [0.25, 0.3) is 0 Å². The summed E-state index contributed by atoms with van der Waals surface area (Å²) in [5, 5.41) is 1.85. The van der Waals surface area contributed by atoms with E-state index in [1.165, 1.54) is 14.2 Å². The highest BCUT2D eigenvalue weighted by molar-refractivity contribution is 6.00. The molecule has 154 valence electrons. The number of ether oxygens (including phenoxy) is 3. The molecule has 0 bridgehead atoms. The molecule has 0 radical (unpaired) electrons. The molecule has 1 aromatic rings. The van der Waals surface area contributed by atoms with Crippen molar-refractivity contribution in [2.24, 2.45) is 0 Å². The summed E-state index contributed by atoms with van der Waals surface area (Å²) >= 11 is 0. The number of benzene rings is 1. The van der Waals surface area contributed by atoms with Gasteiger partial charge >= 0.3 is 6.18 Å². The number of rotatable bonds is 6. The summed E-state index contributed by atoms with van der Waals surface area (Å²) in [5.41, 5.74) is 0.593. The zero-order valence-corrected chi connectivity index (χ0v) is 15.6. The van der Waals surface area contributed by atoms with Crippen molar-refractivity contribution < 1.29 is 32.2 Å². The van der Waals surface area contributed by atoms with Crippen LogP contribution in [-0.2, 0) is 4.74 Å². The Morgan fingerprint density at radius 3 is 2.46 bits per heavy atom. The molecule has 28 heavy (non-hydrogen) atoms. The number of hydrogen-bond acceptors (Lipinski definition) is 6. The second-order valence-electron chi connectivity index (χ2n) is 6.41. The summed E-state index contributed by atoms with van der Waals surface area (Å²) in [6, 6.07) is 3.18. The molecule has 2 heterocycles. The predicted octanol–water partition coefficient (Wildman–Crippen LogP) is 2.68. The van der Waals surface area contributed by atoms with Crippen molar-refractivity contribution in [1.29, 1.82) is 0 Å². The maximum absolute atomic E-state index is 12.4. The fourth-order valence-electron chi connectivity index (χ4n) is 3.17. The molecule has 7 nitrogen and oxygen atoms in total. The van der Waals surface area contributed by atoms with Crippen LogP contribution in [0.15, 0.2) is 24.5 Å². The Morgan fingerprint density at radius 1 is 1.25 bits per heavy atom. The van der Waals surface area contributed by atoms with Gasteiger partial charge in [-0.1, -0.05) is 0 Å². The van der Waals surface area contributed by atoms with Crippen molar-refractivity contribution >= 4 is 11.6 Å². The molecule has 3 rings (SSSR count). The molecule has 2 aliphatic rings. The maximum Gasteiger partial charge on any atom is 0.405 e. The number of carbonyl (C=O) groups is 1. The molecular weight excluding hydrogens is 379 g/mol. The third-order valence-electron chi connectivity index (χ3n) is 4.53. The average molecular weight is 401 g/mol. The van der Waals surface area contributed by atoms with E-state index in [0.29, 0.717) is 12.4 Å². The fraction of sp³-hybridized carbons (Fsp3) is 0.500. The Kier molecular flexibility index (Phi) is 5.87. The molecule has 1 amide bonds. The van der Waals surface area contributed by atoms with Crippen molar-refractivity contribution in [3.8, 4) is 11.5 Å². The molecule has 0 saturated carbocycles. The summed E-state index contributed by atoms with van der Waals surface area (Å²) in [6.07, 6.45) is 1.25. The molecule has 2 aliphatic heterocycles. The monoisotopic (exact) mass is 401 g/mol. The normalized spacial score (nSPS) is 19.2. The molecule has 1 atom stereocenters. The Morgan fingerprint density at radius 2 is 1.93 bits per heavy atom. The first-order valence-corrected chi connectivity index (χ1v) is 8.75. The number of methoxy groups -OCH3 is 2. The van der Waals surface area contributed by atoms with Gasteiger partial charge in [-0.05, 0) is 12.8 Å². The molecule has 1 saturated heterocycles. The number of carbonyl (C=O) groups excluding carboxylic acids is 1. The molecule has 10 heteroatoms. The smallest absolute Gasteiger partial charge is 0.405 e. The topological polar surface area (TPSA) is 63.3 Å². The van der Waals surface area contributed by atoms with E-state index in [2.05, 4.69) is 4.90 Å². The largest absolute Gasteiger partial charge is 0.496 e. The van der Waals surface area contributed by atoms with Gasteiger partial charge in [0.15, 0.2) is 0 Å². The van der Waals surface area contributed by atoms with Crippen molar-refractivity contribution in [2.45, 2.75) is 25.2 Å². The van der Waals surface area contributed by atoms with Gasteiger partial charge in [0.05, 0.1) is 20.9 Å². The predicted molar refractivity (Wildman–Crippen MR) is 95.2 cm³/mol. The standard InChI is InChI=1S/C18H22F3N3O4/c1-26-13-8-12(23-5-6-24(11-23)15-4-3-7-28-15)9-14(27-2)16(13)17(25)22-10-18(19,20)21/h5-6,8-9,15H,3-4,7,10-11H2,1-2H3,(H,22,25). The quantitative estimate of drug-likeness (QED) is 0.791. The summed E-state index contributed by atoms with van der Waals surface area (Å²) in [4.78, 5) is 16.2. The molecular formula is C18H22F3N3O4. The fourth-order valence-corrected chi connectivity index (χ4v) is 3.17. The van der Waals surface area contributed by atoms with E-state index in [9.17, 15) is 18.0 Å². The minimum absolute atomic E-state index is 0.0254. The van der Waals surface area contributed by atoms with Crippen LogP contribution in [0.5, 0.6) is 11.5 Å². The van der Waals surface area contributed by atoms with Crippen LogP contribution in [0, 0.1) is 0 Å². The van der Waals surface area contributed by atoms with Gasteiger partial charge in [0.2, 0.25) is 0 Å². The van der Waals surface area contributed by atoms with E-state index in [-0.39, 0.29) is 23.3 Å². The Hall–Kier alpha value is -2.62. The average Bonchev–Trinajstić information content (AvgIpc) is 3.35. The molecule has 0 aliphatic carbocycles. The van der Waals surface area contributed by atoms with E-state index < -0.39 is 18.6 Å². The van der Waals surface area contributed by atoms with E-state index >= 15 is 0 Å². The first-order chi connectivity index (χ1) is 13.3. The number of nitrogens with zero attached hydrogens (tertiary/aromatic N) is 2. The van der Waals surface area contributed by atoms with Crippen LogP contribution >= 0.6 is 0 Å². The third kappa shape index (κ3) is 4.44. The van der Waals surface area contributed by atoms with Gasteiger partial charge in [-0.25, -0.2) is 0 Å². The molecule has 0 aromatic heterocycles. The van der Waals surface area contributed by atoms with Crippen LogP contribution in [0.4, 0.5) is 18.9 Å². The van der Waals surface area contributed by atoms with E-state index in [1.807, 2.05) is 22.6 Å². The lowest BCUT2D eigenvalue weighted by Gasteiger charge is -2.26. The maximum atomic E-state index is 12.4. The number of alkyl halides is 3. The third-order valence-corrected chi connectivity index (χ3v) is 4.53. The highest BCUT2D eigenvalue weighted by Crippen LogP contribution is 2.36. The van der Waals surface area contributed by atoms with E-state index in [1.54, 1.807) is 12.1 Å². The molecule has 1 aromatic carbocycles.